The minimum Gasteiger partial charge on any atom is -0.375 e. The molecule has 1 heterocycles. The van der Waals surface area contributed by atoms with Gasteiger partial charge in [-0.1, -0.05) is 43.2 Å². The molecule has 1 aliphatic heterocycles. The number of Topliss-reactive ketones (excluding diaryl/α,β-unsaturated/α-hetero) is 1. The first kappa shape index (κ1) is 14.7. The van der Waals surface area contributed by atoms with Gasteiger partial charge in [0.1, 0.15) is 0 Å². The van der Waals surface area contributed by atoms with Crippen LogP contribution in [0.2, 0.25) is 0 Å². The first-order valence-corrected chi connectivity index (χ1v) is 8.06. The summed E-state index contributed by atoms with van der Waals surface area (Å²) in [5, 5.41) is 0. The molecule has 2 fully saturated rings. The molecule has 1 saturated heterocycles. The van der Waals surface area contributed by atoms with Crippen LogP contribution in [0.15, 0.2) is 30.3 Å². The zero-order valence-electron chi connectivity index (χ0n) is 12.8. The lowest BCUT2D eigenvalue weighted by Gasteiger charge is -2.40. The van der Waals surface area contributed by atoms with Crippen molar-refractivity contribution in [3.8, 4) is 0 Å². The summed E-state index contributed by atoms with van der Waals surface area (Å²) < 4.78 is 6.03. The van der Waals surface area contributed by atoms with Crippen molar-refractivity contribution in [1.82, 2.24) is 0 Å². The average Bonchev–Trinajstić information content (AvgIpc) is 2.95. The van der Waals surface area contributed by atoms with E-state index in [-0.39, 0.29) is 17.3 Å². The van der Waals surface area contributed by atoms with Gasteiger partial charge in [-0.15, -0.1) is 0 Å². The summed E-state index contributed by atoms with van der Waals surface area (Å²) in [6.45, 7) is 2.54. The molecule has 0 bridgehead atoms. The highest BCUT2D eigenvalue weighted by molar-refractivity contribution is 5.91. The molecule has 1 aromatic rings. The van der Waals surface area contributed by atoms with Crippen LogP contribution >= 0.6 is 0 Å². The van der Waals surface area contributed by atoms with Gasteiger partial charge < -0.3 is 10.5 Å². The van der Waals surface area contributed by atoms with Gasteiger partial charge in [0.15, 0.2) is 5.78 Å². The topological polar surface area (TPSA) is 52.3 Å². The molecule has 1 aliphatic carbocycles. The Balaban J connectivity index is 1.78. The fourth-order valence-electron chi connectivity index (χ4n) is 3.97. The van der Waals surface area contributed by atoms with E-state index in [1.165, 1.54) is 12.8 Å². The van der Waals surface area contributed by atoms with Crippen molar-refractivity contribution >= 4 is 5.78 Å². The fraction of sp³-hybridized carbons (Fsp3) is 0.611. The Morgan fingerprint density at radius 2 is 1.95 bits per heavy atom. The SMILES string of the molecule is CC(N)(C(=O)C1CCOC2(CCCC2)C1)c1ccccc1. The molecule has 3 heteroatoms. The van der Waals surface area contributed by atoms with Crippen LogP contribution < -0.4 is 5.73 Å². The Morgan fingerprint density at radius 1 is 1.29 bits per heavy atom. The van der Waals surface area contributed by atoms with Gasteiger partial charge in [-0.2, -0.15) is 0 Å². The fourth-order valence-corrected chi connectivity index (χ4v) is 3.97. The summed E-state index contributed by atoms with van der Waals surface area (Å²) in [5.41, 5.74) is 6.38. The van der Waals surface area contributed by atoms with Crippen LogP contribution in [0, 0.1) is 5.92 Å². The largest absolute Gasteiger partial charge is 0.375 e. The van der Waals surface area contributed by atoms with Gasteiger partial charge in [0, 0.05) is 12.5 Å². The minimum absolute atomic E-state index is 0.0343. The van der Waals surface area contributed by atoms with Crippen molar-refractivity contribution in [2.24, 2.45) is 11.7 Å². The molecule has 2 N–H and O–H groups in total. The number of hydrogen-bond acceptors (Lipinski definition) is 3. The highest BCUT2D eigenvalue weighted by Crippen LogP contribution is 2.43. The van der Waals surface area contributed by atoms with Gasteiger partial charge in [0.2, 0.25) is 0 Å². The van der Waals surface area contributed by atoms with Gasteiger partial charge in [0.25, 0.3) is 0 Å². The molecular formula is C18H25NO2. The number of hydrogen-bond donors (Lipinski definition) is 1. The van der Waals surface area contributed by atoms with Gasteiger partial charge in [-0.3, -0.25) is 4.79 Å². The standard InChI is InChI=1S/C18H25NO2/c1-17(19,15-7-3-2-4-8-15)16(20)14-9-12-21-18(13-14)10-5-6-11-18/h2-4,7-8,14H,5-6,9-13,19H2,1H3. The van der Waals surface area contributed by atoms with Crippen molar-refractivity contribution in [1.29, 1.82) is 0 Å². The summed E-state index contributed by atoms with van der Waals surface area (Å²) in [6.07, 6.45) is 6.30. The maximum Gasteiger partial charge on any atom is 0.160 e. The van der Waals surface area contributed by atoms with E-state index >= 15 is 0 Å². The molecule has 21 heavy (non-hydrogen) atoms. The quantitative estimate of drug-likeness (QED) is 0.929. The van der Waals surface area contributed by atoms with Crippen LogP contribution in [0.25, 0.3) is 0 Å². The van der Waals surface area contributed by atoms with Crippen molar-refractivity contribution in [2.45, 2.75) is 56.6 Å². The molecule has 3 nitrogen and oxygen atoms in total. The summed E-state index contributed by atoms with van der Waals surface area (Å²) in [6, 6.07) is 9.73. The van der Waals surface area contributed by atoms with E-state index in [1.54, 1.807) is 0 Å². The maximum atomic E-state index is 13.0. The van der Waals surface area contributed by atoms with E-state index in [0.29, 0.717) is 6.61 Å². The predicted octanol–water partition coefficient (Wildman–Crippen LogP) is 3.17. The lowest BCUT2D eigenvalue weighted by molar-refractivity contribution is -0.141. The Hall–Kier alpha value is -1.19. The Morgan fingerprint density at radius 3 is 2.62 bits per heavy atom. The zero-order valence-corrected chi connectivity index (χ0v) is 12.8. The van der Waals surface area contributed by atoms with E-state index < -0.39 is 5.54 Å². The van der Waals surface area contributed by atoms with E-state index in [1.807, 2.05) is 37.3 Å². The van der Waals surface area contributed by atoms with Crippen molar-refractivity contribution in [3.63, 3.8) is 0 Å². The van der Waals surface area contributed by atoms with Crippen LogP contribution in [0.3, 0.4) is 0 Å². The highest BCUT2D eigenvalue weighted by atomic mass is 16.5. The van der Waals surface area contributed by atoms with Crippen molar-refractivity contribution in [3.05, 3.63) is 35.9 Å². The monoisotopic (exact) mass is 287 g/mol. The number of benzene rings is 1. The number of nitrogens with two attached hydrogens (primary N) is 1. The third kappa shape index (κ3) is 2.77. The van der Waals surface area contributed by atoms with Gasteiger partial charge in [-0.25, -0.2) is 0 Å². The number of ether oxygens (including phenoxy) is 1. The van der Waals surface area contributed by atoms with E-state index in [9.17, 15) is 4.79 Å². The molecule has 1 spiro atoms. The van der Waals surface area contributed by atoms with E-state index in [4.69, 9.17) is 10.5 Å². The summed E-state index contributed by atoms with van der Waals surface area (Å²) in [7, 11) is 0. The lowest BCUT2D eigenvalue weighted by atomic mass is 9.75. The summed E-state index contributed by atoms with van der Waals surface area (Å²) in [4.78, 5) is 13.0. The molecule has 2 aliphatic rings. The average molecular weight is 287 g/mol. The molecule has 3 rings (SSSR count). The van der Waals surface area contributed by atoms with Crippen LogP contribution in [0.4, 0.5) is 0 Å². The Bertz CT molecular complexity index is 503. The minimum atomic E-state index is -0.900. The normalized spacial score (nSPS) is 27.4. The highest BCUT2D eigenvalue weighted by Gasteiger charge is 2.45. The third-order valence-electron chi connectivity index (χ3n) is 5.26. The first-order valence-electron chi connectivity index (χ1n) is 8.06. The smallest absolute Gasteiger partial charge is 0.160 e. The van der Waals surface area contributed by atoms with Crippen LogP contribution in [0.1, 0.15) is 51.0 Å². The number of ketones is 1. The molecule has 0 aromatic heterocycles. The number of carbonyl (C=O) groups excluding carboxylic acids is 1. The Labute approximate surface area is 126 Å². The van der Waals surface area contributed by atoms with Gasteiger partial charge >= 0.3 is 0 Å². The molecule has 1 aromatic carbocycles. The molecular weight excluding hydrogens is 262 g/mol. The lowest BCUT2D eigenvalue weighted by Crippen LogP contribution is -2.49. The van der Waals surface area contributed by atoms with Gasteiger partial charge in [0.05, 0.1) is 11.1 Å². The second-order valence-corrected chi connectivity index (χ2v) is 6.86. The summed E-state index contributed by atoms with van der Waals surface area (Å²) in [5.74, 6) is 0.204. The number of rotatable bonds is 3. The van der Waals surface area contributed by atoms with E-state index in [0.717, 1.165) is 31.2 Å². The zero-order chi connectivity index (χ0) is 14.9. The van der Waals surface area contributed by atoms with Crippen LogP contribution in [-0.4, -0.2) is 18.0 Å². The molecule has 2 atom stereocenters. The second-order valence-electron chi connectivity index (χ2n) is 6.86. The molecule has 0 radical (unpaired) electrons. The summed E-state index contributed by atoms with van der Waals surface area (Å²) >= 11 is 0. The Kier molecular flexibility index (Phi) is 3.89. The van der Waals surface area contributed by atoms with Crippen molar-refractivity contribution in [2.75, 3.05) is 6.61 Å². The molecule has 1 saturated carbocycles. The predicted molar refractivity (Wildman–Crippen MR) is 82.9 cm³/mol. The molecule has 2 unspecified atom stereocenters. The van der Waals surface area contributed by atoms with E-state index in [2.05, 4.69) is 0 Å². The third-order valence-corrected chi connectivity index (χ3v) is 5.26. The molecule has 114 valence electrons. The van der Waals surface area contributed by atoms with Crippen LogP contribution in [0.5, 0.6) is 0 Å². The molecule has 0 amide bonds. The van der Waals surface area contributed by atoms with Crippen molar-refractivity contribution < 1.29 is 9.53 Å². The van der Waals surface area contributed by atoms with Crippen LogP contribution in [-0.2, 0) is 15.1 Å². The van der Waals surface area contributed by atoms with Gasteiger partial charge in [-0.05, 0) is 38.2 Å². The first-order chi connectivity index (χ1) is 10.0. The maximum absolute atomic E-state index is 13.0. The second kappa shape index (κ2) is 5.54. The number of carbonyl (C=O) groups is 1.